The fourth-order valence-electron chi connectivity index (χ4n) is 2.23. The summed E-state index contributed by atoms with van der Waals surface area (Å²) in [6.45, 7) is 1.85. The van der Waals surface area contributed by atoms with Crippen molar-refractivity contribution in [1.82, 2.24) is 4.72 Å². The summed E-state index contributed by atoms with van der Waals surface area (Å²) in [4.78, 5) is 10.9. The highest BCUT2D eigenvalue weighted by Gasteiger charge is 2.22. The van der Waals surface area contributed by atoms with Gasteiger partial charge in [0.05, 0.1) is 4.90 Å². The van der Waals surface area contributed by atoms with Crippen LogP contribution in [-0.2, 0) is 14.8 Å². The molecule has 0 saturated carbocycles. The van der Waals surface area contributed by atoms with E-state index in [-0.39, 0.29) is 17.7 Å². The quantitative estimate of drug-likeness (QED) is 0.803. The minimum absolute atomic E-state index is 0.0616. The average Bonchev–Trinajstić information content (AvgIpc) is 2.52. The average molecular weight is 351 g/mol. The first-order valence-electron chi connectivity index (χ1n) is 7.34. The highest BCUT2D eigenvalue weighted by Crippen LogP contribution is 2.22. The highest BCUT2D eigenvalue weighted by atomic mass is 32.2. The van der Waals surface area contributed by atoms with Crippen molar-refractivity contribution in [2.75, 3.05) is 0 Å². The van der Waals surface area contributed by atoms with Crippen molar-refractivity contribution in [3.8, 4) is 0 Å². The second-order valence-electron chi connectivity index (χ2n) is 5.47. The first-order valence-corrected chi connectivity index (χ1v) is 8.82. The lowest BCUT2D eigenvalue weighted by atomic mass is 10.0. The maximum absolute atomic E-state index is 13.1. The molecule has 128 valence electrons. The molecule has 0 aliphatic heterocycles. The lowest BCUT2D eigenvalue weighted by molar-refractivity contribution is -0.137. The molecule has 1 atom stereocenters. The van der Waals surface area contributed by atoms with Gasteiger partial charge in [-0.15, -0.1) is 0 Å². The van der Waals surface area contributed by atoms with Gasteiger partial charge in [0.25, 0.3) is 0 Å². The van der Waals surface area contributed by atoms with Gasteiger partial charge in [-0.1, -0.05) is 29.8 Å². The maximum atomic E-state index is 13.1. The molecule has 0 aliphatic rings. The van der Waals surface area contributed by atoms with Crippen molar-refractivity contribution < 1.29 is 22.7 Å². The van der Waals surface area contributed by atoms with Gasteiger partial charge in [0.2, 0.25) is 10.0 Å². The summed E-state index contributed by atoms with van der Waals surface area (Å²) < 4.78 is 40.6. The monoisotopic (exact) mass is 351 g/mol. The van der Waals surface area contributed by atoms with E-state index in [1.165, 1.54) is 36.4 Å². The molecule has 2 rings (SSSR count). The van der Waals surface area contributed by atoms with E-state index in [9.17, 15) is 17.6 Å². The van der Waals surface area contributed by atoms with Gasteiger partial charge in [0.1, 0.15) is 5.82 Å². The molecule has 0 amide bonds. The molecule has 0 radical (unpaired) electrons. The number of hydrogen-bond acceptors (Lipinski definition) is 3. The van der Waals surface area contributed by atoms with E-state index in [1.807, 2.05) is 6.92 Å². The van der Waals surface area contributed by atoms with Crippen LogP contribution in [0.2, 0.25) is 0 Å². The maximum Gasteiger partial charge on any atom is 0.303 e. The summed E-state index contributed by atoms with van der Waals surface area (Å²) in [6, 6.07) is 10.9. The normalized spacial score (nSPS) is 12.8. The minimum atomic E-state index is -3.82. The van der Waals surface area contributed by atoms with Crippen LogP contribution in [-0.4, -0.2) is 19.5 Å². The lowest BCUT2D eigenvalue weighted by Gasteiger charge is -2.19. The van der Waals surface area contributed by atoms with Crippen LogP contribution in [0.4, 0.5) is 4.39 Å². The van der Waals surface area contributed by atoms with Crippen molar-refractivity contribution in [3.63, 3.8) is 0 Å². The fourth-order valence-corrected chi connectivity index (χ4v) is 3.49. The van der Waals surface area contributed by atoms with Crippen LogP contribution in [0, 0.1) is 12.7 Å². The van der Waals surface area contributed by atoms with Crippen molar-refractivity contribution in [2.45, 2.75) is 30.7 Å². The number of carboxylic acids is 1. The largest absolute Gasteiger partial charge is 0.481 e. The molecule has 7 heteroatoms. The van der Waals surface area contributed by atoms with Crippen LogP contribution in [0.15, 0.2) is 53.4 Å². The number of rotatable bonds is 7. The molecular weight excluding hydrogens is 333 g/mol. The third kappa shape index (κ3) is 4.87. The van der Waals surface area contributed by atoms with Crippen LogP contribution in [0.3, 0.4) is 0 Å². The molecule has 0 aliphatic carbocycles. The summed E-state index contributed by atoms with van der Waals surface area (Å²) in [5.41, 5.74) is 1.43. The number of aryl methyl sites for hydroxylation is 1. The molecule has 0 heterocycles. The molecule has 2 N–H and O–H groups in total. The number of aliphatic carboxylic acids is 1. The van der Waals surface area contributed by atoms with Gasteiger partial charge in [0, 0.05) is 12.5 Å². The van der Waals surface area contributed by atoms with Gasteiger partial charge < -0.3 is 5.11 Å². The van der Waals surface area contributed by atoms with Gasteiger partial charge in [0.15, 0.2) is 0 Å². The number of carbonyl (C=O) groups is 1. The summed E-state index contributed by atoms with van der Waals surface area (Å²) in [7, 11) is -3.82. The van der Waals surface area contributed by atoms with E-state index >= 15 is 0 Å². The van der Waals surface area contributed by atoms with E-state index in [1.54, 1.807) is 12.1 Å². The first-order chi connectivity index (χ1) is 11.3. The zero-order valence-electron chi connectivity index (χ0n) is 13.1. The number of benzene rings is 2. The van der Waals surface area contributed by atoms with Crippen molar-refractivity contribution in [2.24, 2.45) is 0 Å². The first kappa shape index (κ1) is 18.1. The Morgan fingerprint density at radius 3 is 2.25 bits per heavy atom. The predicted octanol–water partition coefficient (Wildman–Crippen LogP) is 3.02. The van der Waals surface area contributed by atoms with Crippen molar-refractivity contribution in [1.29, 1.82) is 0 Å². The van der Waals surface area contributed by atoms with Gasteiger partial charge in [-0.3, -0.25) is 4.79 Å². The summed E-state index contributed by atoms with van der Waals surface area (Å²) in [6.07, 6.45) is -0.148. The second kappa shape index (κ2) is 7.55. The Hall–Kier alpha value is -2.25. The Bertz CT molecular complexity index is 801. The molecule has 1 unspecified atom stereocenters. The molecule has 2 aromatic rings. The number of nitrogens with one attached hydrogen (secondary N) is 1. The Labute approximate surface area is 140 Å². The third-order valence-electron chi connectivity index (χ3n) is 3.55. The smallest absolute Gasteiger partial charge is 0.303 e. The standard InChI is InChI=1S/C17H18FNO4S/c1-12-2-8-15(9-3-12)24(22,23)19-16(10-11-17(20)21)13-4-6-14(18)7-5-13/h2-9,16,19H,10-11H2,1H3,(H,20,21). The number of halogens is 1. The van der Waals surface area contributed by atoms with E-state index in [0.717, 1.165) is 5.56 Å². The van der Waals surface area contributed by atoms with Crippen LogP contribution in [0.1, 0.15) is 30.0 Å². The molecular formula is C17H18FNO4S. The molecule has 0 saturated heterocycles. The number of carboxylic acid groups (broad SMARTS) is 1. The van der Waals surface area contributed by atoms with Crippen molar-refractivity contribution >= 4 is 16.0 Å². The Balaban J connectivity index is 2.27. The van der Waals surface area contributed by atoms with E-state index in [0.29, 0.717) is 5.56 Å². The summed E-state index contributed by atoms with van der Waals surface area (Å²) in [5.74, 6) is -1.48. The van der Waals surface area contributed by atoms with Gasteiger partial charge >= 0.3 is 5.97 Å². The molecule has 2 aromatic carbocycles. The SMILES string of the molecule is Cc1ccc(S(=O)(=O)NC(CCC(=O)O)c2ccc(F)cc2)cc1. The van der Waals surface area contributed by atoms with Crippen LogP contribution >= 0.6 is 0 Å². The zero-order valence-corrected chi connectivity index (χ0v) is 13.9. The second-order valence-corrected chi connectivity index (χ2v) is 7.18. The van der Waals surface area contributed by atoms with E-state index in [2.05, 4.69) is 4.72 Å². The molecule has 0 fully saturated rings. The number of hydrogen-bond donors (Lipinski definition) is 2. The topological polar surface area (TPSA) is 83.5 Å². The van der Waals surface area contributed by atoms with Crippen LogP contribution < -0.4 is 4.72 Å². The molecule has 0 aromatic heterocycles. The van der Waals surface area contributed by atoms with Gasteiger partial charge in [-0.2, -0.15) is 0 Å². The molecule has 24 heavy (non-hydrogen) atoms. The van der Waals surface area contributed by atoms with Crippen LogP contribution in [0.5, 0.6) is 0 Å². The Morgan fingerprint density at radius 2 is 1.71 bits per heavy atom. The molecule has 0 spiro atoms. The van der Waals surface area contributed by atoms with Crippen LogP contribution in [0.25, 0.3) is 0 Å². The fraction of sp³-hybridized carbons (Fsp3) is 0.235. The van der Waals surface area contributed by atoms with Gasteiger partial charge in [-0.05, 0) is 43.2 Å². The molecule has 5 nitrogen and oxygen atoms in total. The Morgan fingerprint density at radius 1 is 1.12 bits per heavy atom. The third-order valence-corrected chi connectivity index (χ3v) is 5.04. The Kier molecular flexibility index (Phi) is 5.69. The van der Waals surface area contributed by atoms with Gasteiger partial charge in [-0.25, -0.2) is 17.5 Å². The number of sulfonamides is 1. The highest BCUT2D eigenvalue weighted by molar-refractivity contribution is 7.89. The summed E-state index contributed by atoms with van der Waals surface area (Å²) in [5, 5.41) is 8.86. The molecule has 0 bridgehead atoms. The predicted molar refractivity (Wildman–Crippen MR) is 87.5 cm³/mol. The minimum Gasteiger partial charge on any atom is -0.481 e. The van der Waals surface area contributed by atoms with E-state index < -0.39 is 27.9 Å². The summed E-state index contributed by atoms with van der Waals surface area (Å²) >= 11 is 0. The zero-order chi connectivity index (χ0) is 17.7. The van der Waals surface area contributed by atoms with Crippen molar-refractivity contribution in [3.05, 3.63) is 65.5 Å². The lowest BCUT2D eigenvalue weighted by Crippen LogP contribution is -2.29. The van der Waals surface area contributed by atoms with E-state index in [4.69, 9.17) is 5.11 Å².